The van der Waals surface area contributed by atoms with Crippen LogP contribution in [-0.2, 0) is 30.7 Å². The summed E-state index contributed by atoms with van der Waals surface area (Å²) in [6.07, 6.45) is 4.70. The summed E-state index contributed by atoms with van der Waals surface area (Å²) < 4.78 is 5.28. The van der Waals surface area contributed by atoms with Gasteiger partial charge in [0.2, 0.25) is 0 Å². The third kappa shape index (κ3) is 4.37. The number of thiazole rings is 1. The van der Waals surface area contributed by atoms with E-state index in [1.807, 2.05) is 11.3 Å². The molecular weight excluding hydrogens is 280 g/mol. The van der Waals surface area contributed by atoms with Crippen molar-refractivity contribution in [3.05, 3.63) is 51.5 Å². The molecule has 112 valence electrons. The van der Waals surface area contributed by atoms with Crippen molar-refractivity contribution in [1.82, 2.24) is 10.3 Å². The van der Waals surface area contributed by atoms with Crippen LogP contribution in [0.15, 0.2) is 30.3 Å². The molecule has 3 nitrogen and oxygen atoms in total. The SMILES string of the molecule is COCc1nc(CCc2ccccc2)sc1CNC1CC1. The summed E-state index contributed by atoms with van der Waals surface area (Å²) in [6.45, 7) is 1.55. The standard InChI is InChI=1S/C17H22N2OS/c1-20-12-15-16(11-18-14-8-9-14)21-17(19-15)10-7-13-5-3-2-4-6-13/h2-6,14,18H,7-12H2,1H3. The molecule has 1 aromatic heterocycles. The number of ether oxygens (including phenoxy) is 1. The summed E-state index contributed by atoms with van der Waals surface area (Å²) >= 11 is 1.83. The molecule has 1 heterocycles. The molecule has 0 aliphatic heterocycles. The first-order valence-corrected chi connectivity index (χ1v) is 8.40. The summed E-state index contributed by atoms with van der Waals surface area (Å²) in [6, 6.07) is 11.3. The summed E-state index contributed by atoms with van der Waals surface area (Å²) in [5.41, 5.74) is 2.48. The lowest BCUT2D eigenvalue weighted by Gasteiger charge is -2.02. The van der Waals surface area contributed by atoms with Crippen molar-refractivity contribution >= 4 is 11.3 Å². The van der Waals surface area contributed by atoms with Gasteiger partial charge < -0.3 is 10.1 Å². The highest BCUT2D eigenvalue weighted by Crippen LogP contribution is 2.24. The molecule has 1 aliphatic rings. The minimum absolute atomic E-state index is 0.615. The van der Waals surface area contributed by atoms with Crippen LogP contribution in [0.3, 0.4) is 0 Å². The van der Waals surface area contributed by atoms with E-state index in [-0.39, 0.29) is 0 Å². The van der Waals surface area contributed by atoms with Crippen LogP contribution >= 0.6 is 11.3 Å². The molecule has 1 aliphatic carbocycles. The molecule has 21 heavy (non-hydrogen) atoms. The van der Waals surface area contributed by atoms with Gasteiger partial charge >= 0.3 is 0 Å². The number of aromatic nitrogens is 1. The van der Waals surface area contributed by atoms with E-state index in [2.05, 4.69) is 35.6 Å². The van der Waals surface area contributed by atoms with Crippen molar-refractivity contribution < 1.29 is 4.74 Å². The van der Waals surface area contributed by atoms with E-state index in [0.29, 0.717) is 6.61 Å². The van der Waals surface area contributed by atoms with E-state index in [1.165, 1.54) is 28.3 Å². The lowest BCUT2D eigenvalue weighted by Crippen LogP contribution is -2.15. The first kappa shape index (κ1) is 14.7. The highest BCUT2D eigenvalue weighted by Gasteiger charge is 2.21. The second-order valence-electron chi connectivity index (χ2n) is 5.55. The molecule has 1 saturated carbocycles. The fourth-order valence-corrected chi connectivity index (χ4v) is 3.37. The number of aryl methyl sites for hydroxylation is 2. The Morgan fingerprint density at radius 2 is 2.05 bits per heavy atom. The number of nitrogens with one attached hydrogen (secondary N) is 1. The second kappa shape index (κ2) is 7.16. The molecule has 0 amide bonds. The van der Waals surface area contributed by atoms with Crippen LogP contribution in [0.1, 0.15) is 34.0 Å². The Balaban J connectivity index is 1.62. The van der Waals surface area contributed by atoms with Crippen LogP contribution in [0.25, 0.3) is 0 Å². The lowest BCUT2D eigenvalue weighted by molar-refractivity contribution is 0.181. The zero-order valence-corrected chi connectivity index (χ0v) is 13.3. The molecule has 0 bridgehead atoms. The molecular formula is C17H22N2OS. The first-order valence-electron chi connectivity index (χ1n) is 7.59. The largest absolute Gasteiger partial charge is 0.378 e. The molecule has 0 saturated heterocycles. The van der Waals surface area contributed by atoms with Gasteiger partial charge in [-0.05, 0) is 24.8 Å². The van der Waals surface area contributed by atoms with E-state index in [9.17, 15) is 0 Å². The molecule has 2 aromatic rings. The van der Waals surface area contributed by atoms with Gasteiger partial charge in [0.15, 0.2) is 0 Å². The zero-order chi connectivity index (χ0) is 14.5. The molecule has 1 aromatic carbocycles. The highest BCUT2D eigenvalue weighted by molar-refractivity contribution is 7.11. The van der Waals surface area contributed by atoms with Gasteiger partial charge in [-0.25, -0.2) is 4.98 Å². The Labute approximate surface area is 130 Å². The van der Waals surface area contributed by atoms with Gasteiger partial charge in [0.25, 0.3) is 0 Å². The number of benzene rings is 1. The predicted octanol–water partition coefficient (Wildman–Crippen LogP) is 3.33. The maximum atomic E-state index is 5.28. The number of nitrogens with zero attached hydrogens (tertiary/aromatic N) is 1. The molecule has 1 fully saturated rings. The van der Waals surface area contributed by atoms with Crippen LogP contribution in [0.5, 0.6) is 0 Å². The van der Waals surface area contributed by atoms with E-state index in [4.69, 9.17) is 9.72 Å². The molecule has 3 rings (SSSR count). The molecule has 0 unspecified atom stereocenters. The van der Waals surface area contributed by atoms with Gasteiger partial charge in [-0.3, -0.25) is 0 Å². The third-order valence-electron chi connectivity index (χ3n) is 3.70. The maximum absolute atomic E-state index is 5.28. The van der Waals surface area contributed by atoms with Gasteiger partial charge in [-0.2, -0.15) is 0 Å². The Morgan fingerprint density at radius 3 is 2.76 bits per heavy atom. The summed E-state index contributed by atoms with van der Waals surface area (Å²) in [7, 11) is 1.74. The van der Waals surface area contributed by atoms with E-state index < -0.39 is 0 Å². The van der Waals surface area contributed by atoms with Crippen LogP contribution < -0.4 is 5.32 Å². The first-order chi connectivity index (χ1) is 10.3. The molecule has 4 heteroatoms. The van der Waals surface area contributed by atoms with Crippen molar-refractivity contribution in [3.63, 3.8) is 0 Å². The third-order valence-corrected chi connectivity index (χ3v) is 4.86. The lowest BCUT2D eigenvalue weighted by atomic mass is 10.1. The van der Waals surface area contributed by atoms with Crippen LogP contribution in [0, 0.1) is 0 Å². The molecule has 0 spiro atoms. The van der Waals surface area contributed by atoms with Crippen LogP contribution in [0.4, 0.5) is 0 Å². The summed E-state index contributed by atoms with van der Waals surface area (Å²) in [5.74, 6) is 0. The fraction of sp³-hybridized carbons (Fsp3) is 0.471. The van der Waals surface area contributed by atoms with E-state index in [1.54, 1.807) is 7.11 Å². The molecule has 0 atom stereocenters. The summed E-state index contributed by atoms with van der Waals surface area (Å²) in [4.78, 5) is 6.11. The average Bonchev–Trinajstić information content (AvgIpc) is 3.26. The van der Waals surface area contributed by atoms with E-state index in [0.717, 1.165) is 31.1 Å². The second-order valence-corrected chi connectivity index (χ2v) is 6.72. The number of methoxy groups -OCH3 is 1. The van der Waals surface area contributed by atoms with Crippen molar-refractivity contribution in [1.29, 1.82) is 0 Å². The van der Waals surface area contributed by atoms with Crippen molar-refractivity contribution in [2.24, 2.45) is 0 Å². The maximum Gasteiger partial charge on any atom is 0.0936 e. The van der Waals surface area contributed by atoms with Gasteiger partial charge in [0, 0.05) is 31.0 Å². The monoisotopic (exact) mass is 302 g/mol. The number of hydrogen-bond acceptors (Lipinski definition) is 4. The Kier molecular flexibility index (Phi) is 5.01. The number of hydrogen-bond donors (Lipinski definition) is 1. The minimum atomic E-state index is 0.615. The topological polar surface area (TPSA) is 34.1 Å². The Morgan fingerprint density at radius 1 is 1.24 bits per heavy atom. The smallest absolute Gasteiger partial charge is 0.0936 e. The van der Waals surface area contributed by atoms with Gasteiger partial charge in [0.1, 0.15) is 0 Å². The average molecular weight is 302 g/mol. The zero-order valence-electron chi connectivity index (χ0n) is 12.5. The molecule has 0 radical (unpaired) electrons. The molecule has 1 N–H and O–H groups in total. The Bertz CT molecular complexity index is 563. The highest BCUT2D eigenvalue weighted by atomic mass is 32.1. The Hall–Kier alpha value is -1.23. The van der Waals surface area contributed by atoms with Crippen LogP contribution in [0.2, 0.25) is 0 Å². The van der Waals surface area contributed by atoms with E-state index >= 15 is 0 Å². The quantitative estimate of drug-likeness (QED) is 0.812. The fourth-order valence-electron chi connectivity index (χ4n) is 2.35. The minimum Gasteiger partial charge on any atom is -0.378 e. The summed E-state index contributed by atoms with van der Waals surface area (Å²) in [5, 5.41) is 4.79. The number of rotatable bonds is 8. The predicted molar refractivity (Wildman–Crippen MR) is 86.5 cm³/mol. The van der Waals surface area contributed by atoms with Crippen molar-refractivity contribution in [2.75, 3.05) is 7.11 Å². The van der Waals surface area contributed by atoms with Gasteiger partial charge in [0.05, 0.1) is 17.3 Å². The van der Waals surface area contributed by atoms with Gasteiger partial charge in [-0.15, -0.1) is 11.3 Å². The van der Waals surface area contributed by atoms with Crippen molar-refractivity contribution in [2.45, 2.75) is 44.9 Å². The van der Waals surface area contributed by atoms with Crippen molar-refractivity contribution in [3.8, 4) is 0 Å². The normalized spacial score (nSPS) is 14.5. The van der Waals surface area contributed by atoms with Crippen LogP contribution in [-0.4, -0.2) is 18.1 Å². The van der Waals surface area contributed by atoms with Gasteiger partial charge in [-0.1, -0.05) is 30.3 Å².